The number of carbonyl (C=O) groups is 1. The van der Waals surface area contributed by atoms with Crippen molar-refractivity contribution in [3.8, 4) is 5.75 Å². The molecule has 1 unspecified atom stereocenters. The Bertz CT molecular complexity index is 477. The van der Waals surface area contributed by atoms with Gasteiger partial charge >= 0.3 is 0 Å². The molecular formula is C13H17FN2O3. The minimum atomic E-state index is -0.550. The van der Waals surface area contributed by atoms with Crippen LogP contribution in [0.4, 0.5) is 4.39 Å². The van der Waals surface area contributed by atoms with Crippen molar-refractivity contribution >= 4 is 5.91 Å². The lowest BCUT2D eigenvalue weighted by Crippen LogP contribution is -2.39. The normalized spacial score (nSPS) is 15.3. The molecule has 0 radical (unpaired) electrons. The van der Waals surface area contributed by atoms with E-state index in [0.29, 0.717) is 30.9 Å². The number of carbonyl (C=O) groups excluding carboxylic acids is 1. The summed E-state index contributed by atoms with van der Waals surface area (Å²) in [7, 11) is 0. The van der Waals surface area contributed by atoms with E-state index in [4.69, 9.17) is 15.2 Å². The van der Waals surface area contributed by atoms with E-state index >= 15 is 0 Å². The topological polar surface area (TPSA) is 73.6 Å². The number of halogens is 1. The van der Waals surface area contributed by atoms with Gasteiger partial charge in [0, 0.05) is 12.1 Å². The summed E-state index contributed by atoms with van der Waals surface area (Å²) >= 11 is 0. The first-order valence-electron chi connectivity index (χ1n) is 6.13. The lowest BCUT2D eigenvalue weighted by molar-refractivity contribution is -0.121. The Morgan fingerprint density at radius 2 is 2.37 bits per heavy atom. The average molecular weight is 268 g/mol. The van der Waals surface area contributed by atoms with E-state index in [9.17, 15) is 9.18 Å². The number of amides is 1. The molecule has 3 N–H and O–H groups in total. The molecule has 0 aliphatic carbocycles. The molecule has 1 heterocycles. The standard InChI is InChI=1S/C13H17FN2O3/c1-8(15)13(17)16-3-2-9-4-11(14)5-10-6-18-7-19-12(9)10/h4-5,8H,2-3,6-7,15H2,1H3,(H,16,17). The molecule has 1 aromatic carbocycles. The number of nitrogens with two attached hydrogens (primary N) is 1. The lowest BCUT2D eigenvalue weighted by Gasteiger charge is -2.21. The zero-order chi connectivity index (χ0) is 13.8. The summed E-state index contributed by atoms with van der Waals surface area (Å²) in [5.41, 5.74) is 6.86. The monoisotopic (exact) mass is 268 g/mol. The van der Waals surface area contributed by atoms with Gasteiger partial charge in [-0.1, -0.05) is 0 Å². The first-order valence-corrected chi connectivity index (χ1v) is 6.13. The minimum absolute atomic E-state index is 0.165. The van der Waals surface area contributed by atoms with Crippen LogP contribution >= 0.6 is 0 Å². The molecule has 0 spiro atoms. The Hall–Kier alpha value is -1.66. The van der Waals surface area contributed by atoms with E-state index < -0.39 is 6.04 Å². The molecule has 1 atom stereocenters. The summed E-state index contributed by atoms with van der Waals surface area (Å²) in [5, 5.41) is 2.68. The van der Waals surface area contributed by atoms with E-state index in [1.165, 1.54) is 12.1 Å². The summed E-state index contributed by atoms with van der Waals surface area (Å²) in [5.74, 6) is 0.0959. The average Bonchev–Trinajstić information content (AvgIpc) is 2.38. The van der Waals surface area contributed by atoms with Gasteiger partial charge in [-0.3, -0.25) is 4.79 Å². The fourth-order valence-corrected chi connectivity index (χ4v) is 1.92. The Morgan fingerprint density at radius 1 is 1.58 bits per heavy atom. The first-order chi connectivity index (χ1) is 9.08. The van der Waals surface area contributed by atoms with Gasteiger partial charge in [0.2, 0.25) is 5.91 Å². The second-order valence-electron chi connectivity index (χ2n) is 4.49. The van der Waals surface area contributed by atoms with Gasteiger partial charge in [0.05, 0.1) is 12.6 Å². The molecule has 0 saturated carbocycles. The van der Waals surface area contributed by atoms with Gasteiger partial charge in [0.25, 0.3) is 0 Å². The van der Waals surface area contributed by atoms with Crippen molar-refractivity contribution in [1.29, 1.82) is 0 Å². The molecule has 1 aromatic rings. The summed E-state index contributed by atoms with van der Waals surface area (Å²) in [6.45, 7) is 2.50. The number of fused-ring (bicyclic) bond motifs is 1. The van der Waals surface area contributed by atoms with Crippen LogP contribution in [-0.2, 0) is 22.6 Å². The molecule has 6 heteroatoms. The van der Waals surface area contributed by atoms with Crippen LogP contribution in [-0.4, -0.2) is 25.3 Å². The third-order valence-corrected chi connectivity index (χ3v) is 2.86. The molecule has 0 fully saturated rings. The maximum absolute atomic E-state index is 13.5. The molecule has 5 nitrogen and oxygen atoms in total. The summed E-state index contributed by atoms with van der Waals surface area (Å²) in [6.07, 6.45) is 0.485. The highest BCUT2D eigenvalue weighted by atomic mass is 19.1. The number of nitrogens with one attached hydrogen (secondary N) is 1. The van der Waals surface area contributed by atoms with Gasteiger partial charge in [-0.25, -0.2) is 4.39 Å². The second-order valence-corrected chi connectivity index (χ2v) is 4.49. The van der Waals surface area contributed by atoms with Crippen LogP contribution in [0, 0.1) is 5.82 Å². The van der Waals surface area contributed by atoms with Crippen molar-refractivity contribution in [2.45, 2.75) is 26.0 Å². The highest BCUT2D eigenvalue weighted by molar-refractivity contribution is 5.80. The van der Waals surface area contributed by atoms with Gasteiger partial charge in [0.15, 0.2) is 6.79 Å². The van der Waals surface area contributed by atoms with E-state index in [1.54, 1.807) is 6.92 Å². The maximum atomic E-state index is 13.5. The van der Waals surface area contributed by atoms with Crippen molar-refractivity contribution < 1.29 is 18.7 Å². The van der Waals surface area contributed by atoms with Gasteiger partial charge < -0.3 is 20.5 Å². The Balaban J connectivity index is 2.04. The molecule has 1 aliphatic heterocycles. The van der Waals surface area contributed by atoms with Crippen molar-refractivity contribution in [3.05, 3.63) is 29.1 Å². The van der Waals surface area contributed by atoms with Gasteiger partial charge in [-0.2, -0.15) is 0 Å². The van der Waals surface area contributed by atoms with Crippen LogP contribution in [0.2, 0.25) is 0 Å². The zero-order valence-corrected chi connectivity index (χ0v) is 10.7. The van der Waals surface area contributed by atoms with Crippen LogP contribution in [0.5, 0.6) is 5.75 Å². The number of benzene rings is 1. The quantitative estimate of drug-likeness (QED) is 0.843. The van der Waals surface area contributed by atoms with Gasteiger partial charge in [-0.15, -0.1) is 0 Å². The first kappa shape index (κ1) is 13.8. The molecule has 1 aliphatic rings. The van der Waals surface area contributed by atoms with Crippen LogP contribution in [0.3, 0.4) is 0 Å². The second kappa shape index (κ2) is 5.99. The molecular weight excluding hydrogens is 251 g/mol. The van der Waals surface area contributed by atoms with Crippen molar-refractivity contribution in [1.82, 2.24) is 5.32 Å². The Morgan fingerprint density at radius 3 is 3.11 bits per heavy atom. The van der Waals surface area contributed by atoms with Crippen LogP contribution in [0.1, 0.15) is 18.1 Å². The number of ether oxygens (including phenoxy) is 2. The molecule has 0 saturated heterocycles. The van der Waals surface area contributed by atoms with E-state index in [0.717, 1.165) is 5.56 Å². The number of hydrogen-bond donors (Lipinski definition) is 2. The Labute approximate surface area is 110 Å². The third kappa shape index (κ3) is 3.42. The fourth-order valence-electron chi connectivity index (χ4n) is 1.92. The van der Waals surface area contributed by atoms with Crippen molar-refractivity contribution in [2.75, 3.05) is 13.3 Å². The summed E-state index contributed by atoms with van der Waals surface area (Å²) in [6, 6.07) is 2.27. The minimum Gasteiger partial charge on any atom is -0.467 e. The highest BCUT2D eigenvalue weighted by Gasteiger charge is 2.17. The van der Waals surface area contributed by atoms with Gasteiger partial charge in [-0.05, 0) is 31.0 Å². The summed E-state index contributed by atoms with van der Waals surface area (Å²) < 4.78 is 23.9. The van der Waals surface area contributed by atoms with Crippen LogP contribution in [0.25, 0.3) is 0 Å². The largest absolute Gasteiger partial charge is 0.467 e. The SMILES string of the molecule is CC(N)C(=O)NCCc1cc(F)cc2c1OCOC2. The molecule has 19 heavy (non-hydrogen) atoms. The molecule has 1 amide bonds. The van der Waals surface area contributed by atoms with E-state index in [-0.39, 0.29) is 18.5 Å². The van der Waals surface area contributed by atoms with Crippen molar-refractivity contribution in [3.63, 3.8) is 0 Å². The molecule has 0 bridgehead atoms. The van der Waals surface area contributed by atoms with Crippen molar-refractivity contribution in [2.24, 2.45) is 5.73 Å². The predicted octanol–water partition coefficient (Wildman–Crippen LogP) is 0.698. The van der Waals surface area contributed by atoms with E-state index in [2.05, 4.69) is 5.32 Å². The fraction of sp³-hybridized carbons (Fsp3) is 0.462. The molecule has 0 aromatic heterocycles. The van der Waals surface area contributed by atoms with Crippen LogP contribution in [0.15, 0.2) is 12.1 Å². The lowest BCUT2D eigenvalue weighted by atomic mass is 10.1. The van der Waals surface area contributed by atoms with Crippen LogP contribution < -0.4 is 15.8 Å². The number of rotatable bonds is 4. The Kier molecular flexibility index (Phi) is 4.34. The zero-order valence-electron chi connectivity index (χ0n) is 10.7. The summed E-state index contributed by atoms with van der Waals surface area (Å²) in [4.78, 5) is 11.3. The maximum Gasteiger partial charge on any atom is 0.236 e. The predicted molar refractivity (Wildman–Crippen MR) is 67.0 cm³/mol. The highest BCUT2D eigenvalue weighted by Crippen LogP contribution is 2.29. The molecule has 2 rings (SSSR count). The smallest absolute Gasteiger partial charge is 0.236 e. The number of hydrogen-bond acceptors (Lipinski definition) is 4. The van der Waals surface area contributed by atoms with Gasteiger partial charge in [0.1, 0.15) is 11.6 Å². The molecule has 104 valence electrons. The van der Waals surface area contributed by atoms with E-state index in [1.807, 2.05) is 0 Å². The third-order valence-electron chi connectivity index (χ3n) is 2.86.